The molecule has 2 aromatic heterocycles. The van der Waals surface area contributed by atoms with Gasteiger partial charge in [-0.1, -0.05) is 152 Å². The number of aromatic nitrogens is 3. The van der Waals surface area contributed by atoms with Crippen LogP contribution in [0.4, 0.5) is 0 Å². The molecule has 48 heavy (non-hydrogen) atoms. The topological polar surface area (TPSA) is 38.7 Å². The predicted octanol–water partition coefficient (Wildman–Crippen LogP) is 11.8. The number of hydrogen-bond acceptors (Lipinski definition) is 3. The first-order chi connectivity index (χ1) is 23.8. The molecule has 2 heterocycles. The fourth-order valence-corrected chi connectivity index (χ4v) is 7.45. The molecular formula is C45H27N3. The summed E-state index contributed by atoms with van der Waals surface area (Å²) in [5, 5.41) is 11.9. The fourth-order valence-electron chi connectivity index (χ4n) is 7.45. The zero-order valence-corrected chi connectivity index (χ0v) is 25.9. The molecule has 0 unspecified atom stereocenters. The summed E-state index contributed by atoms with van der Waals surface area (Å²) >= 11 is 0. The highest BCUT2D eigenvalue weighted by Crippen LogP contribution is 2.43. The minimum atomic E-state index is 0.705. The first kappa shape index (κ1) is 26.7. The van der Waals surface area contributed by atoms with Gasteiger partial charge in [-0.15, -0.1) is 0 Å². The van der Waals surface area contributed by atoms with Gasteiger partial charge in [-0.05, 0) is 44.5 Å². The number of para-hydroxylation sites is 2. The maximum atomic E-state index is 5.33. The van der Waals surface area contributed by atoms with E-state index in [1.165, 1.54) is 48.5 Å². The van der Waals surface area contributed by atoms with Gasteiger partial charge in [0.15, 0.2) is 5.82 Å². The van der Waals surface area contributed by atoms with E-state index in [9.17, 15) is 0 Å². The Morgan fingerprint density at radius 2 is 0.812 bits per heavy atom. The molecule has 0 radical (unpaired) electrons. The number of fused-ring (bicyclic) bond motifs is 10. The summed E-state index contributed by atoms with van der Waals surface area (Å²) in [5.41, 5.74) is 6.97. The van der Waals surface area contributed by atoms with Crippen molar-refractivity contribution in [1.82, 2.24) is 15.0 Å². The Morgan fingerprint density at radius 3 is 1.54 bits per heavy atom. The summed E-state index contributed by atoms with van der Waals surface area (Å²) < 4.78 is 0. The largest absolute Gasteiger partial charge is 0.247 e. The first-order valence-corrected chi connectivity index (χ1v) is 16.3. The zero-order valence-electron chi connectivity index (χ0n) is 25.9. The summed E-state index contributed by atoms with van der Waals surface area (Å²) in [5.74, 6) is 0.705. The third-order valence-corrected chi connectivity index (χ3v) is 9.64. The Hall–Kier alpha value is -6.45. The van der Waals surface area contributed by atoms with Crippen molar-refractivity contribution in [2.75, 3.05) is 0 Å². The third kappa shape index (κ3) is 4.04. The minimum Gasteiger partial charge on any atom is -0.247 e. The number of rotatable bonds is 3. The van der Waals surface area contributed by atoms with Gasteiger partial charge >= 0.3 is 0 Å². The number of hydrogen-bond donors (Lipinski definition) is 0. The van der Waals surface area contributed by atoms with E-state index < -0.39 is 0 Å². The van der Waals surface area contributed by atoms with Crippen molar-refractivity contribution in [3.05, 3.63) is 164 Å². The van der Waals surface area contributed by atoms with Gasteiger partial charge in [-0.2, -0.15) is 0 Å². The van der Waals surface area contributed by atoms with Crippen LogP contribution < -0.4 is 0 Å². The van der Waals surface area contributed by atoms with Gasteiger partial charge in [0.2, 0.25) is 0 Å². The van der Waals surface area contributed by atoms with E-state index in [0.717, 1.165) is 44.5 Å². The first-order valence-electron chi connectivity index (χ1n) is 16.3. The Morgan fingerprint density at radius 1 is 0.292 bits per heavy atom. The van der Waals surface area contributed by atoms with Gasteiger partial charge in [0.25, 0.3) is 0 Å². The smallest absolute Gasteiger partial charge is 0.160 e. The Balaban J connectivity index is 1.20. The van der Waals surface area contributed by atoms with E-state index in [1.54, 1.807) is 0 Å². The highest BCUT2D eigenvalue weighted by atomic mass is 14.9. The molecule has 0 N–H and O–H groups in total. The molecule has 0 aliphatic rings. The summed E-state index contributed by atoms with van der Waals surface area (Å²) in [4.78, 5) is 15.6. The van der Waals surface area contributed by atoms with Crippen LogP contribution in [0.5, 0.6) is 0 Å². The molecule has 3 heteroatoms. The number of benzene rings is 8. The van der Waals surface area contributed by atoms with Crippen molar-refractivity contribution < 1.29 is 0 Å². The van der Waals surface area contributed by atoms with Gasteiger partial charge in [0.05, 0.1) is 22.4 Å². The predicted molar refractivity (Wildman–Crippen MR) is 201 cm³/mol. The molecule has 10 rings (SSSR count). The van der Waals surface area contributed by atoms with Gasteiger partial charge < -0.3 is 0 Å². The van der Waals surface area contributed by atoms with Crippen LogP contribution in [0, 0.1) is 0 Å². The maximum Gasteiger partial charge on any atom is 0.160 e. The molecule has 0 aliphatic carbocycles. The van der Waals surface area contributed by atoms with Crippen LogP contribution >= 0.6 is 0 Å². The summed E-state index contributed by atoms with van der Waals surface area (Å²) in [7, 11) is 0. The van der Waals surface area contributed by atoms with E-state index in [0.29, 0.717) is 5.82 Å². The summed E-state index contributed by atoms with van der Waals surface area (Å²) in [6.45, 7) is 0. The number of pyridine rings is 1. The highest BCUT2D eigenvalue weighted by Gasteiger charge is 2.18. The monoisotopic (exact) mass is 609 g/mol. The normalized spacial score (nSPS) is 11.8. The van der Waals surface area contributed by atoms with Crippen LogP contribution in [0.2, 0.25) is 0 Å². The standard InChI is InChI=1S/C45H27N3/c1-2-14-31-28(12-1)13-11-21-36(31)44-38-20-8-10-23-40(38)47-45(48-44)30-26-24-29(25-27-30)43-42-35-18-6-4-16-33(35)32-15-3-5-17-34(32)41(42)37-19-7-9-22-39(37)46-43/h1-27H. The molecule has 222 valence electrons. The van der Waals surface area contributed by atoms with E-state index in [2.05, 4.69) is 158 Å². The SMILES string of the molecule is c1ccc2c(-c3nc(-c4ccc(-c5nc6ccccc6c6c7ccccc7c7ccccc7c56)cc4)nc4ccccc34)cccc2c1. The van der Waals surface area contributed by atoms with Gasteiger partial charge in [0.1, 0.15) is 0 Å². The van der Waals surface area contributed by atoms with Gasteiger partial charge in [-0.25, -0.2) is 15.0 Å². The maximum absolute atomic E-state index is 5.33. The molecule has 0 spiro atoms. The van der Waals surface area contributed by atoms with Gasteiger partial charge in [-0.3, -0.25) is 0 Å². The van der Waals surface area contributed by atoms with E-state index >= 15 is 0 Å². The molecular weight excluding hydrogens is 583 g/mol. The van der Waals surface area contributed by atoms with Gasteiger partial charge in [0, 0.05) is 38.2 Å². The van der Waals surface area contributed by atoms with Crippen molar-refractivity contribution in [3.8, 4) is 33.9 Å². The molecule has 0 aliphatic heterocycles. The van der Waals surface area contributed by atoms with E-state index in [-0.39, 0.29) is 0 Å². The van der Waals surface area contributed by atoms with Crippen molar-refractivity contribution in [1.29, 1.82) is 0 Å². The lowest BCUT2D eigenvalue weighted by Crippen LogP contribution is -1.96. The second-order valence-corrected chi connectivity index (χ2v) is 12.3. The van der Waals surface area contributed by atoms with E-state index in [1.807, 2.05) is 6.07 Å². The fraction of sp³-hybridized carbons (Fsp3) is 0. The van der Waals surface area contributed by atoms with Crippen LogP contribution in [0.1, 0.15) is 0 Å². The van der Waals surface area contributed by atoms with Crippen LogP contribution in [-0.2, 0) is 0 Å². The van der Waals surface area contributed by atoms with Crippen molar-refractivity contribution in [3.63, 3.8) is 0 Å². The van der Waals surface area contributed by atoms with Crippen LogP contribution in [0.3, 0.4) is 0 Å². The lowest BCUT2D eigenvalue weighted by atomic mass is 9.90. The highest BCUT2D eigenvalue weighted by molar-refractivity contribution is 6.33. The van der Waals surface area contributed by atoms with E-state index in [4.69, 9.17) is 15.0 Å². The Bertz CT molecular complexity index is 2880. The van der Waals surface area contributed by atoms with Crippen molar-refractivity contribution >= 4 is 64.9 Å². The average Bonchev–Trinajstić information content (AvgIpc) is 3.17. The lowest BCUT2D eigenvalue weighted by Gasteiger charge is -2.16. The molecule has 0 fully saturated rings. The molecule has 0 bridgehead atoms. The average molecular weight is 610 g/mol. The Kier molecular flexibility index (Phi) is 5.87. The molecule has 10 aromatic rings. The molecule has 8 aromatic carbocycles. The van der Waals surface area contributed by atoms with Crippen LogP contribution in [0.15, 0.2) is 164 Å². The van der Waals surface area contributed by atoms with Crippen LogP contribution in [-0.4, -0.2) is 15.0 Å². The van der Waals surface area contributed by atoms with Crippen LogP contribution in [0.25, 0.3) is 98.8 Å². The quantitative estimate of drug-likeness (QED) is 0.187. The molecule has 0 amide bonds. The second-order valence-electron chi connectivity index (χ2n) is 12.3. The molecule has 0 saturated heterocycles. The molecule has 0 saturated carbocycles. The minimum absolute atomic E-state index is 0.705. The zero-order chi connectivity index (χ0) is 31.6. The van der Waals surface area contributed by atoms with Crippen molar-refractivity contribution in [2.24, 2.45) is 0 Å². The lowest BCUT2D eigenvalue weighted by molar-refractivity contribution is 1.23. The molecule has 3 nitrogen and oxygen atoms in total. The third-order valence-electron chi connectivity index (χ3n) is 9.64. The molecule has 0 atom stereocenters. The summed E-state index contributed by atoms with van der Waals surface area (Å²) in [6, 6.07) is 57.8. The summed E-state index contributed by atoms with van der Waals surface area (Å²) in [6.07, 6.45) is 0. The number of nitrogens with zero attached hydrogens (tertiary/aromatic N) is 3. The Labute approximate surface area is 276 Å². The second kappa shape index (κ2) is 10.5. The van der Waals surface area contributed by atoms with Crippen molar-refractivity contribution in [2.45, 2.75) is 0 Å².